The first-order valence-electron chi connectivity index (χ1n) is 5.69. The van der Waals surface area contributed by atoms with Gasteiger partial charge >= 0.3 is 6.18 Å². The normalized spacial score (nSPS) is 18.4. The van der Waals surface area contributed by atoms with Gasteiger partial charge in [0.15, 0.2) is 0 Å². The van der Waals surface area contributed by atoms with Crippen LogP contribution in [0.25, 0.3) is 0 Å². The summed E-state index contributed by atoms with van der Waals surface area (Å²) in [5.41, 5.74) is -1.15. The van der Waals surface area contributed by atoms with Gasteiger partial charge < -0.3 is 0 Å². The van der Waals surface area contributed by atoms with Gasteiger partial charge in [0.05, 0.1) is 10.3 Å². The van der Waals surface area contributed by atoms with Gasteiger partial charge in [-0.1, -0.05) is 17.7 Å². The van der Waals surface area contributed by atoms with Crippen LogP contribution in [0.1, 0.15) is 24.0 Å². The molecule has 0 aromatic heterocycles. The lowest BCUT2D eigenvalue weighted by atomic mass is 9.95. The molecule has 3 nitrogen and oxygen atoms in total. The highest BCUT2D eigenvalue weighted by Gasteiger charge is 2.62. The van der Waals surface area contributed by atoms with Crippen molar-refractivity contribution in [2.75, 3.05) is 0 Å². The highest BCUT2D eigenvalue weighted by molar-refractivity contribution is 7.85. The predicted molar refractivity (Wildman–Crippen MR) is 62.4 cm³/mol. The Morgan fingerprint density at radius 1 is 1.32 bits per heavy atom. The van der Waals surface area contributed by atoms with Gasteiger partial charge in [0.1, 0.15) is 0 Å². The molecule has 106 valence electrons. The second-order valence-corrected chi connectivity index (χ2v) is 6.43. The van der Waals surface area contributed by atoms with Crippen LogP contribution in [0.5, 0.6) is 0 Å². The Hall–Kier alpha value is -1.08. The van der Waals surface area contributed by atoms with Crippen molar-refractivity contribution in [3.63, 3.8) is 0 Å². The molecule has 1 aromatic carbocycles. The number of hydrogen-bond acceptors (Lipinski definition) is 2. The van der Waals surface area contributed by atoms with Crippen molar-refractivity contribution in [2.24, 2.45) is 5.41 Å². The fourth-order valence-corrected chi connectivity index (χ4v) is 2.88. The SMILES string of the molecule is Cc1ccc(S(=O)(=O)O)c(CC2(C(F)(F)F)CC2)c1. The number of rotatable bonds is 3. The summed E-state index contributed by atoms with van der Waals surface area (Å²) in [7, 11) is -4.51. The van der Waals surface area contributed by atoms with E-state index in [0.717, 1.165) is 6.07 Å². The molecule has 0 spiro atoms. The van der Waals surface area contributed by atoms with Crippen molar-refractivity contribution in [1.82, 2.24) is 0 Å². The molecule has 19 heavy (non-hydrogen) atoms. The lowest BCUT2D eigenvalue weighted by Gasteiger charge is -2.20. The minimum Gasteiger partial charge on any atom is -0.282 e. The lowest BCUT2D eigenvalue weighted by Crippen LogP contribution is -2.27. The van der Waals surface area contributed by atoms with E-state index in [1.54, 1.807) is 6.92 Å². The summed E-state index contributed by atoms with van der Waals surface area (Å²) in [5, 5.41) is 0. The van der Waals surface area contributed by atoms with Crippen molar-refractivity contribution >= 4 is 10.1 Å². The van der Waals surface area contributed by atoms with Crippen molar-refractivity contribution in [3.8, 4) is 0 Å². The van der Waals surface area contributed by atoms with E-state index in [1.807, 2.05) is 0 Å². The van der Waals surface area contributed by atoms with Crippen LogP contribution in [0.3, 0.4) is 0 Å². The molecule has 0 saturated heterocycles. The van der Waals surface area contributed by atoms with Gasteiger partial charge in [-0.2, -0.15) is 21.6 Å². The van der Waals surface area contributed by atoms with Gasteiger partial charge in [-0.05, 0) is 37.8 Å². The highest BCUT2D eigenvalue weighted by atomic mass is 32.2. The zero-order valence-electron chi connectivity index (χ0n) is 10.2. The average Bonchev–Trinajstić information content (AvgIpc) is 2.95. The molecular formula is C12H13F3O3S. The number of alkyl halides is 3. The van der Waals surface area contributed by atoms with Gasteiger partial charge in [0.25, 0.3) is 10.1 Å². The quantitative estimate of drug-likeness (QED) is 0.871. The Morgan fingerprint density at radius 3 is 2.32 bits per heavy atom. The van der Waals surface area contributed by atoms with Gasteiger partial charge in [0, 0.05) is 0 Å². The smallest absolute Gasteiger partial charge is 0.282 e. The minimum absolute atomic E-state index is 0.00461. The topological polar surface area (TPSA) is 54.4 Å². The van der Waals surface area contributed by atoms with Crippen LogP contribution in [0.2, 0.25) is 0 Å². The summed E-state index contributed by atoms with van der Waals surface area (Å²) >= 11 is 0. The second kappa shape index (κ2) is 4.21. The van der Waals surface area contributed by atoms with Crippen molar-refractivity contribution in [2.45, 2.75) is 37.3 Å². The van der Waals surface area contributed by atoms with Crippen molar-refractivity contribution < 1.29 is 26.1 Å². The second-order valence-electron chi connectivity index (χ2n) is 5.04. The minimum atomic E-state index is -4.51. The summed E-state index contributed by atoms with van der Waals surface area (Å²) in [6.07, 6.45) is -4.77. The van der Waals surface area contributed by atoms with Crippen molar-refractivity contribution in [1.29, 1.82) is 0 Å². The molecule has 0 aliphatic heterocycles. The summed E-state index contributed by atoms with van der Waals surface area (Å²) in [6, 6.07) is 3.97. The Bertz CT molecular complexity index is 601. The molecule has 0 unspecified atom stereocenters. The Balaban J connectivity index is 2.44. The van der Waals surface area contributed by atoms with Crippen LogP contribution in [-0.2, 0) is 16.5 Å². The molecule has 1 aliphatic rings. The van der Waals surface area contributed by atoms with Crippen LogP contribution >= 0.6 is 0 Å². The standard InChI is InChI=1S/C12H13F3O3S/c1-8-2-3-10(19(16,17)18)9(6-8)7-11(4-5-11)12(13,14)15/h2-3,6H,4-5,7H2,1H3,(H,16,17,18). The lowest BCUT2D eigenvalue weighted by molar-refractivity contribution is -0.186. The van der Waals surface area contributed by atoms with E-state index in [-0.39, 0.29) is 18.4 Å². The third-order valence-electron chi connectivity index (χ3n) is 3.48. The van der Waals surface area contributed by atoms with E-state index in [1.165, 1.54) is 12.1 Å². The first kappa shape index (κ1) is 14.3. The molecular weight excluding hydrogens is 281 g/mol. The van der Waals surface area contributed by atoms with E-state index in [4.69, 9.17) is 4.55 Å². The van der Waals surface area contributed by atoms with Gasteiger partial charge in [-0.3, -0.25) is 4.55 Å². The van der Waals surface area contributed by atoms with Crippen LogP contribution in [0.4, 0.5) is 13.2 Å². The van der Waals surface area contributed by atoms with Crippen LogP contribution in [0.15, 0.2) is 23.1 Å². The molecule has 7 heteroatoms. The summed E-state index contributed by atoms with van der Waals surface area (Å²) in [6.45, 7) is 1.66. The van der Waals surface area contributed by atoms with Crippen LogP contribution in [0, 0.1) is 12.3 Å². The highest BCUT2D eigenvalue weighted by Crippen LogP contribution is 2.59. The number of halogens is 3. The Kier molecular flexibility index (Phi) is 3.17. The molecule has 1 fully saturated rings. The first-order chi connectivity index (χ1) is 8.55. The molecule has 0 radical (unpaired) electrons. The average molecular weight is 294 g/mol. The molecule has 1 aliphatic carbocycles. The van der Waals surface area contributed by atoms with E-state index < -0.39 is 33.0 Å². The third-order valence-corrected chi connectivity index (χ3v) is 4.43. The van der Waals surface area contributed by atoms with E-state index >= 15 is 0 Å². The fourth-order valence-electron chi connectivity index (χ4n) is 2.17. The van der Waals surface area contributed by atoms with Crippen LogP contribution < -0.4 is 0 Å². The zero-order chi connectivity index (χ0) is 14.5. The van der Waals surface area contributed by atoms with E-state index in [0.29, 0.717) is 5.56 Å². The fraction of sp³-hybridized carbons (Fsp3) is 0.500. The first-order valence-corrected chi connectivity index (χ1v) is 7.13. The molecule has 0 heterocycles. The molecule has 0 amide bonds. The Labute approximate surface area is 109 Å². The predicted octanol–water partition coefficient (Wildman–Crippen LogP) is 3.13. The third kappa shape index (κ3) is 2.76. The summed E-state index contributed by atoms with van der Waals surface area (Å²) in [4.78, 5) is -0.436. The molecule has 1 N–H and O–H groups in total. The molecule has 1 aromatic rings. The number of aryl methyl sites for hydroxylation is 1. The largest absolute Gasteiger partial charge is 0.394 e. The maximum absolute atomic E-state index is 12.9. The molecule has 2 rings (SSSR count). The summed E-state index contributed by atoms with van der Waals surface area (Å²) < 4.78 is 70.2. The maximum atomic E-state index is 12.9. The molecule has 0 bridgehead atoms. The zero-order valence-corrected chi connectivity index (χ0v) is 11.0. The number of benzene rings is 1. The van der Waals surface area contributed by atoms with E-state index in [9.17, 15) is 21.6 Å². The van der Waals surface area contributed by atoms with Crippen molar-refractivity contribution in [3.05, 3.63) is 29.3 Å². The maximum Gasteiger partial charge on any atom is 0.394 e. The Morgan fingerprint density at radius 2 is 1.89 bits per heavy atom. The van der Waals surface area contributed by atoms with E-state index in [2.05, 4.69) is 0 Å². The summed E-state index contributed by atoms with van der Waals surface area (Å²) in [5.74, 6) is 0. The van der Waals surface area contributed by atoms with Crippen LogP contribution in [-0.4, -0.2) is 19.1 Å². The van der Waals surface area contributed by atoms with Gasteiger partial charge in [-0.15, -0.1) is 0 Å². The molecule has 0 atom stereocenters. The number of hydrogen-bond donors (Lipinski definition) is 1. The monoisotopic (exact) mass is 294 g/mol. The van der Waals surface area contributed by atoms with Gasteiger partial charge in [-0.25, -0.2) is 0 Å². The molecule has 1 saturated carbocycles. The van der Waals surface area contributed by atoms with Gasteiger partial charge in [0.2, 0.25) is 0 Å².